The highest BCUT2D eigenvalue weighted by Crippen LogP contribution is 2.32. The van der Waals surface area contributed by atoms with Crippen molar-refractivity contribution >= 4 is 33.0 Å². The summed E-state index contributed by atoms with van der Waals surface area (Å²) in [6, 6.07) is 15.0. The maximum absolute atomic E-state index is 12.7. The predicted octanol–water partition coefficient (Wildman–Crippen LogP) is 3.40. The third-order valence-electron chi connectivity index (χ3n) is 5.75. The van der Waals surface area contributed by atoms with Gasteiger partial charge in [-0.05, 0) is 41.8 Å². The van der Waals surface area contributed by atoms with E-state index in [1.54, 1.807) is 24.3 Å². The quantitative estimate of drug-likeness (QED) is 0.566. The molecule has 1 aliphatic rings. The number of benzene rings is 2. The Kier molecular flexibility index (Phi) is 6.29. The topological polar surface area (TPSA) is 104 Å². The fourth-order valence-corrected chi connectivity index (χ4v) is 5.43. The van der Waals surface area contributed by atoms with E-state index in [2.05, 4.69) is 38.4 Å². The lowest BCUT2D eigenvalue weighted by atomic mass is 10.00. The SMILES string of the molecule is CCN(CC)S(=O)(=O)c1ccc(Nc2ncnc(N3CCc4ccccc4C3)c2N)cc1. The van der Waals surface area contributed by atoms with Crippen molar-refractivity contribution in [3.8, 4) is 0 Å². The highest BCUT2D eigenvalue weighted by molar-refractivity contribution is 7.89. The first-order chi connectivity index (χ1) is 15.4. The number of hydrogen-bond donors (Lipinski definition) is 2. The molecule has 0 atom stereocenters. The van der Waals surface area contributed by atoms with E-state index in [1.807, 2.05) is 19.9 Å². The summed E-state index contributed by atoms with van der Waals surface area (Å²) in [5, 5.41) is 3.20. The van der Waals surface area contributed by atoms with Crippen LogP contribution in [-0.4, -0.2) is 42.3 Å². The lowest BCUT2D eigenvalue weighted by molar-refractivity contribution is 0.445. The van der Waals surface area contributed by atoms with Crippen molar-refractivity contribution in [2.24, 2.45) is 0 Å². The van der Waals surface area contributed by atoms with Gasteiger partial charge in [-0.3, -0.25) is 0 Å². The van der Waals surface area contributed by atoms with Gasteiger partial charge in [0.05, 0.1) is 4.90 Å². The third kappa shape index (κ3) is 4.26. The van der Waals surface area contributed by atoms with E-state index in [0.717, 1.165) is 19.5 Å². The van der Waals surface area contributed by atoms with Gasteiger partial charge in [0.1, 0.15) is 12.0 Å². The molecular weight excluding hydrogens is 424 g/mol. The number of hydrogen-bond acceptors (Lipinski definition) is 7. The molecule has 0 fully saturated rings. The first-order valence-electron chi connectivity index (χ1n) is 10.7. The minimum absolute atomic E-state index is 0.259. The van der Waals surface area contributed by atoms with E-state index in [4.69, 9.17) is 5.73 Å². The molecule has 0 bridgehead atoms. The average molecular weight is 453 g/mol. The zero-order chi connectivity index (χ0) is 22.7. The highest BCUT2D eigenvalue weighted by atomic mass is 32.2. The Bertz CT molecular complexity index is 1190. The molecule has 0 radical (unpaired) electrons. The lowest BCUT2D eigenvalue weighted by Gasteiger charge is -2.30. The number of nitrogens with zero attached hydrogens (tertiary/aromatic N) is 4. The van der Waals surface area contributed by atoms with Gasteiger partial charge in [-0.15, -0.1) is 0 Å². The first-order valence-corrected chi connectivity index (χ1v) is 12.2. The number of nitrogens with two attached hydrogens (primary N) is 1. The van der Waals surface area contributed by atoms with Gasteiger partial charge in [-0.25, -0.2) is 18.4 Å². The van der Waals surface area contributed by atoms with Gasteiger partial charge in [0.2, 0.25) is 10.0 Å². The molecule has 8 nitrogen and oxygen atoms in total. The van der Waals surface area contributed by atoms with E-state index >= 15 is 0 Å². The highest BCUT2D eigenvalue weighted by Gasteiger charge is 2.22. The van der Waals surface area contributed by atoms with Crippen molar-refractivity contribution in [2.45, 2.75) is 31.7 Å². The number of rotatable bonds is 7. The van der Waals surface area contributed by atoms with Crippen molar-refractivity contribution in [1.82, 2.24) is 14.3 Å². The number of anilines is 4. The van der Waals surface area contributed by atoms with Crippen LogP contribution in [0.5, 0.6) is 0 Å². The minimum atomic E-state index is -3.50. The van der Waals surface area contributed by atoms with Crippen LogP contribution in [0.25, 0.3) is 0 Å². The Labute approximate surface area is 189 Å². The molecule has 32 heavy (non-hydrogen) atoms. The van der Waals surface area contributed by atoms with Gasteiger partial charge in [0.15, 0.2) is 11.6 Å². The summed E-state index contributed by atoms with van der Waals surface area (Å²) in [5.41, 5.74) is 10.2. The van der Waals surface area contributed by atoms with E-state index in [0.29, 0.717) is 36.1 Å². The second-order valence-electron chi connectivity index (χ2n) is 7.64. The number of fused-ring (bicyclic) bond motifs is 1. The standard InChI is InChI=1S/C23H28N6O2S/c1-3-29(4-2)32(30,31)20-11-9-19(10-12-20)27-22-21(24)23(26-16-25-22)28-14-13-17-7-5-6-8-18(17)15-28/h5-12,16H,3-4,13-15,24H2,1-2H3,(H,25,26,27). The summed E-state index contributed by atoms with van der Waals surface area (Å²) < 4.78 is 26.8. The van der Waals surface area contributed by atoms with Crippen molar-refractivity contribution in [3.05, 3.63) is 66.0 Å². The maximum atomic E-state index is 12.7. The lowest BCUT2D eigenvalue weighted by Crippen LogP contribution is -2.31. The summed E-state index contributed by atoms with van der Waals surface area (Å²) in [4.78, 5) is 11.1. The molecule has 168 valence electrons. The Morgan fingerprint density at radius 1 is 1.03 bits per heavy atom. The van der Waals surface area contributed by atoms with Crippen LogP contribution in [0.4, 0.5) is 23.0 Å². The molecule has 0 saturated carbocycles. The molecule has 0 amide bonds. The summed E-state index contributed by atoms with van der Waals surface area (Å²) in [5.74, 6) is 1.19. The van der Waals surface area contributed by atoms with Gasteiger partial charge in [0.25, 0.3) is 0 Å². The zero-order valence-electron chi connectivity index (χ0n) is 18.3. The van der Waals surface area contributed by atoms with E-state index in [1.165, 1.54) is 21.8 Å². The number of nitrogen functional groups attached to an aromatic ring is 1. The molecule has 2 aromatic carbocycles. The Morgan fingerprint density at radius 2 is 1.72 bits per heavy atom. The van der Waals surface area contributed by atoms with Gasteiger partial charge in [0, 0.05) is 31.9 Å². The summed E-state index contributed by atoms with van der Waals surface area (Å²) in [6.07, 6.45) is 2.43. The van der Waals surface area contributed by atoms with E-state index < -0.39 is 10.0 Å². The van der Waals surface area contributed by atoms with Crippen molar-refractivity contribution in [1.29, 1.82) is 0 Å². The number of aromatic nitrogens is 2. The Morgan fingerprint density at radius 3 is 2.41 bits per heavy atom. The molecule has 0 saturated heterocycles. The Hall–Kier alpha value is -3.17. The fourth-order valence-electron chi connectivity index (χ4n) is 3.97. The van der Waals surface area contributed by atoms with Gasteiger partial charge >= 0.3 is 0 Å². The third-order valence-corrected chi connectivity index (χ3v) is 7.82. The van der Waals surface area contributed by atoms with Crippen molar-refractivity contribution in [2.75, 3.05) is 35.6 Å². The fraction of sp³-hybridized carbons (Fsp3) is 0.304. The second-order valence-corrected chi connectivity index (χ2v) is 9.58. The summed E-state index contributed by atoms with van der Waals surface area (Å²) in [7, 11) is -3.50. The second kappa shape index (κ2) is 9.13. The Balaban J connectivity index is 1.54. The molecular formula is C23H28N6O2S. The van der Waals surface area contributed by atoms with Crippen LogP contribution in [0.15, 0.2) is 59.8 Å². The largest absolute Gasteiger partial charge is 0.393 e. The molecule has 4 rings (SSSR count). The molecule has 1 aliphatic heterocycles. The van der Waals surface area contributed by atoms with Crippen LogP contribution in [-0.2, 0) is 23.0 Å². The molecule has 3 aromatic rings. The van der Waals surface area contributed by atoms with Crippen LogP contribution < -0.4 is 16.0 Å². The number of sulfonamides is 1. The monoisotopic (exact) mass is 452 g/mol. The smallest absolute Gasteiger partial charge is 0.243 e. The van der Waals surface area contributed by atoms with Crippen molar-refractivity contribution < 1.29 is 8.42 Å². The molecule has 2 heterocycles. The number of nitrogens with one attached hydrogen (secondary N) is 1. The summed E-state index contributed by atoms with van der Waals surface area (Å²) >= 11 is 0. The molecule has 0 aliphatic carbocycles. The van der Waals surface area contributed by atoms with Crippen LogP contribution >= 0.6 is 0 Å². The van der Waals surface area contributed by atoms with E-state index in [9.17, 15) is 8.42 Å². The normalized spacial score (nSPS) is 13.8. The molecule has 1 aromatic heterocycles. The average Bonchev–Trinajstić information content (AvgIpc) is 2.81. The van der Waals surface area contributed by atoms with Gasteiger partial charge in [-0.2, -0.15) is 4.31 Å². The molecule has 9 heteroatoms. The van der Waals surface area contributed by atoms with Gasteiger partial charge in [-0.1, -0.05) is 38.1 Å². The van der Waals surface area contributed by atoms with Crippen LogP contribution in [0, 0.1) is 0 Å². The van der Waals surface area contributed by atoms with Gasteiger partial charge < -0.3 is 16.0 Å². The molecule has 0 spiro atoms. The van der Waals surface area contributed by atoms with Crippen LogP contribution in [0.3, 0.4) is 0 Å². The zero-order valence-corrected chi connectivity index (χ0v) is 19.1. The summed E-state index contributed by atoms with van der Waals surface area (Å²) in [6.45, 7) is 6.09. The predicted molar refractivity (Wildman–Crippen MR) is 127 cm³/mol. The minimum Gasteiger partial charge on any atom is -0.393 e. The molecule has 3 N–H and O–H groups in total. The molecule has 0 unspecified atom stereocenters. The van der Waals surface area contributed by atoms with Crippen LogP contribution in [0.2, 0.25) is 0 Å². The van der Waals surface area contributed by atoms with E-state index in [-0.39, 0.29) is 4.90 Å². The van der Waals surface area contributed by atoms with Crippen molar-refractivity contribution in [3.63, 3.8) is 0 Å². The first kappa shape index (κ1) is 22.0. The van der Waals surface area contributed by atoms with Crippen LogP contribution in [0.1, 0.15) is 25.0 Å². The maximum Gasteiger partial charge on any atom is 0.243 e.